The molecular weight excluding hydrogens is 232 g/mol. The topological polar surface area (TPSA) is 59.7 Å². The maximum absolute atomic E-state index is 11.6. The molecule has 0 atom stereocenters. The lowest BCUT2D eigenvalue weighted by atomic mass is 10.1. The predicted molar refractivity (Wildman–Crippen MR) is 68.9 cm³/mol. The summed E-state index contributed by atoms with van der Waals surface area (Å²) in [6, 6.07) is 0. The van der Waals surface area contributed by atoms with Gasteiger partial charge in [0, 0.05) is 12.8 Å². The smallest absolute Gasteiger partial charge is 0.311 e. The molecule has 1 N–H and O–H groups in total. The van der Waals surface area contributed by atoms with E-state index in [9.17, 15) is 9.90 Å². The summed E-state index contributed by atoms with van der Waals surface area (Å²) >= 11 is 0. The lowest BCUT2D eigenvalue weighted by molar-refractivity contribution is -0.134. The van der Waals surface area contributed by atoms with Crippen molar-refractivity contribution >= 4 is 5.97 Å². The summed E-state index contributed by atoms with van der Waals surface area (Å²) in [5.41, 5.74) is 0. The Morgan fingerprint density at radius 1 is 1.28 bits per heavy atom. The van der Waals surface area contributed by atoms with Crippen LogP contribution in [0.5, 0.6) is 11.5 Å². The quantitative estimate of drug-likeness (QED) is 0.595. The lowest BCUT2D eigenvalue weighted by Gasteiger charge is -2.03. The number of esters is 1. The normalized spacial score (nSPS) is 10.6. The van der Waals surface area contributed by atoms with Crippen molar-refractivity contribution in [2.45, 2.75) is 59.3 Å². The van der Waals surface area contributed by atoms with Gasteiger partial charge in [0.25, 0.3) is 0 Å². The van der Waals surface area contributed by atoms with Crippen molar-refractivity contribution in [3.05, 3.63) is 11.5 Å². The van der Waals surface area contributed by atoms with Crippen LogP contribution in [0.4, 0.5) is 0 Å². The Bertz CT molecular complexity index is 393. The number of unbranched alkanes of at least 4 members (excludes halogenated alkanes) is 3. The minimum Gasteiger partial charge on any atom is -0.502 e. The first-order chi connectivity index (χ1) is 8.60. The number of carbonyl (C=O) groups is 1. The van der Waals surface area contributed by atoms with Crippen molar-refractivity contribution < 1.29 is 19.1 Å². The second-order valence-electron chi connectivity index (χ2n) is 4.40. The van der Waals surface area contributed by atoms with E-state index in [4.69, 9.17) is 9.15 Å². The van der Waals surface area contributed by atoms with E-state index >= 15 is 0 Å². The minimum absolute atomic E-state index is 0.0445. The average molecular weight is 254 g/mol. The Hall–Kier alpha value is -1.45. The highest BCUT2D eigenvalue weighted by molar-refractivity contribution is 5.73. The van der Waals surface area contributed by atoms with E-state index in [1.54, 1.807) is 6.92 Å². The first-order valence-electron chi connectivity index (χ1n) is 6.62. The molecule has 1 aromatic heterocycles. The van der Waals surface area contributed by atoms with Crippen molar-refractivity contribution in [2.24, 2.45) is 0 Å². The van der Waals surface area contributed by atoms with Crippen molar-refractivity contribution in [1.82, 2.24) is 0 Å². The van der Waals surface area contributed by atoms with Crippen LogP contribution in [0.1, 0.15) is 57.5 Å². The average Bonchev–Trinajstić information content (AvgIpc) is 2.62. The molecule has 0 spiro atoms. The van der Waals surface area contributed by atoms with Gasteiger partial charge in [-0.3, -0.25) is 4.79 Å². The molecule has 0 aliphatic heterocycles. The molecule has 1 heterocycles. The molecule has 4 heteroatoms. The van der Waals surface area contributed by atoms with Crippen LogP contribution < -0.4 is 4.74 Å². The molecule has 0 fully saturated rings. The number of rotatable bonds is 7. The Balaban J connectivity index is 2.51. The number of hydrogen-bond acceptors (Lipinski definition) is 4. The van der Waals surface area contributed by atoms with Crippen LogP contribution in [0.15, 0.2) is 4.42 Å². The van der Waals surface area contributed by atoms with Gasteiger partial charge in [0.1, 0.15) is 11.5 Å². The summed E-state index contributed by atoms with van der Waals surface area (Å²) in [5, 5.41) is 9.80. The highest BCUT2D eigenvalue weighted by Crippen LogP contribution is 2.37. The Labute approximate surface area is 108 Å². The molecule has 18 heavy (non-hydrogen) atoms. The lowest BCUT2D eigenvalue weighted by Crippen LogP contribution is -2.07. The fraction of sp³-hybridized carbons (Fsp3) is 0.643. The number of hydrogen-bond donors (Lipinski definition) is 1. The van der Waals surface area contributed by atoms with E-state index in [-0.39, 0.29) is 17.5 Å². The minimum atomic E-state index is -0.312. The van der Waals surface area contributed by atoms with E-state index < -0.39 is 0 Å². The maximum Gasteiger partial charge on any atom is 0.311 e. The van der Waals surface area contributed by atoms with Crippen molar-refractivity contribution in [1.29, 1.82) is 0 Å². The van der Waals surface area contributed by atoms with Gasteiger partial charge < -0.3 is 14.3 Å². The van der Waals surface area contributed by atoms with Crippen molar-refractivity contribution in [3.8, 4) is 11.5 Å². The largest absolute Gasteiger partial charge is 0.502 e. The van der Waals surface area contributed by atoms with Crippen LogP contribution in [-0.4, -0.2) is 11.1 Å². The predicted octanol–water partition coefficient (Wildman–Crippen LogP) is 3.73. The van der Waals surface area contributed by atoms with E-state index in [0.717, 1.165) is 25.7 Å². The molecule has 0 aliphatic rings. The van der Waals surface area contributed by atoms with E-state index in [2.05, 4.69) is 6.92 Å². The van der Waals surface area contributed by atoms with Gasteiger partial charge in [0.15, 0.2) is 0 Å². The van der Waals surface area contributed by atoms with Crippen molar-refractivity contribution in [2.75, 3.05) is 0 Å². The standard InChI is InChI=1S/C14H22O4/c1-4-6-7-8-9-12(15)18-14-10(3)17-11(5-2)13(14)16/h16H,4-9H2,1-3H3. The molecule has 1 rings (SSSR count). The van der Waals surface area contributed by atoms with Crippen LogP contribution in [0.25, 0.3) is 0 Å². The third-order valence-electron chi connectivity index (χ3n) is 2.85. The van der Waals surface area contributed by atoms with Gasteiger partial charge in [0.2, 0.25) is 11.5 Å². The van der Waals surface area contributed by atoms with Gasteiger partial charge in [-0.05, 0) is 13.3 Å². The second-order valence-corrected chi connectivity index (χ2v) is 4.40. The van der Waals surface area contributed by atoms with Crippen molar-refractivity contribution in [3.63, 3.8) is 0 Å². The zero-order valence-corrected chi connectivity index (χ0v) is 11.4. The van der Waals surface area contributed by atoms with Gasteiger partial charge in [0.05, 0.1) is 0 Å². The van der Waals surface area contributed by atoms with Gasteiger partial charge in [-0.2, -0.15) is 0 Å². The second kappa shape index (κ2) is 7.09. The van der Waals surface area contributed by atoms with Gasteiger partial charge in [-0.15, -0.1) is 0 Å². The number of aryl methyl sites for hydroxylation is 2. The summed E-state index contributed by atoms with van der Waals surface area (Å²) in [5.74, 6) is 0.727. The monoisotopic (exact) mass is 254 g/mol. The molecule has 0 amide bonds. The third-order valence-corrected chi connectivity index (χ3v) is 2.85. The van der Waals surface area contributed by atoms with Crippen LogP contribution in [0.3, 0.4) is 0 Å². The van der Waals surface area contributed by atoms with E-state index in [1.165, 1.54) is 0 Å². The third kappa shape index (κ3) is 3.79. The number of aromatic hydroxyl groups is 1. The molecule has 0 aromatic carbocycles. The summed E-state index contributed by atoms with van der Waals surface area (Å²) in [6.45, 7) is 5.67. The van der Waals surface area contributed by atoms with Gasteiger partial charge in [-0.1, -0.05) is 33.1 Å². The fourth-order valence-corrected chi connectivity index (χ4v) is 1.79. The van der Waals surface area contributed by atoms with Gasteiger partial charge >= 0.3 is 5.97 Å². The molecule has 0 saturated carbocycles. The highest BCUT2D eigenvalue weighted by Gasteiger charge is 2.19. The number of carbonyl (C=O) groups excluding carboxylic acids is 1. The SMILES string of the molecule is CCCCCCC(=O)Oc1c(C)oc(CC)c1O. The molecule has 0 unspecified atom stereocenters. The maximum atomic E-state index is 11.6. The molecule has 0 saturated heterocycles. The van der Waals surface area contributed by atoms with Crippen LogP contribution in [-0.2, 0) is 11.2 Å². The van der Waals surface area contributed by atoms with Crippen LogP contribution in [0, 0.1) is 6.92 Å². The number of furan rings is 1. The zero-order valence-electron chi connectivity index (χ0n) is 11.4. The van der Waals surface area contributed by atoms with E-state index in [1.807, 2.05) is 6.92 Å². The molecule has 4 nitrogen and oxygen atoms in total. The molecule has 0 radical (unpaired) electrons. The summed E-state index contributed by atoms with van der Waals surface area (Å²) in [4.78, 5) is 11.6. The Kier molecular flexibility index (Phi) is 5.75. The molecule has 0 aliphatic carbocycles. The van der Waals surface area contributed by atoms with Gasteiger partial charge in [-0.25, -0.2) is 0 Å². The zero-order chi connectivity index (χ0) is 13.5. The first-order valence-corrected chi connectivity index (χ1v) is 6.62. The fourth-order valence-electron chi connectivity index (χ4n) is 1.79. The van der Waals surface area contributed by atoms with Crippen LogP contribution >= 0.6 is 0 Å². The summed E-state index contributed by atoms with van der Waals surface area (Å²) in [7, 11) is 0. The summed E-state index contributed by atoms with van der Waals surface area (Å²) < 4.78 is 10.5. The van der Waals surface area contributed by atoms with E-state index in [0.29, 0.717) is 24.4 Å². The molecule has 102 valence electrons. The summed E-state index contributed by atoms with van der Waals surface area (Å²) in [6.07, 6.45) is 5.07. The Morgan fingerprint density at radius 2 is 2.00 bits per heavy atom. The Morgan fingerprint density at radius 3 is 2.56 bits per heavy atom. The van der Waals surface area contributed by atoms with Crippen LogP contribution in [0.2, 0.25) is 0 Å². The number of ether oxygens (including phenoxy) is 1. The molecule has 0 bridgehead atoms. The first kappa shape index (κ1) is 14.6. The highest BCUT2D eigenvalue weighted by atomic mass is 16.6. The molecular formula is C14H22O4. The molecule has 1 aromatic rings.